The minimum Gasteiger partial charge on any atom is -0.336 e. The number of nitrogens with one attached hydrogen (secondary N) is 2. The number of hydrogen-bond acceptors (Lipinski definition) is 4. The fourth-order valence-corrected chi connectivity index (χ4v) is 5.01. The van der Waals surface area contributed by atoms with Crippen LogP contribution < -0.4 is 10.9 Å². The second-order valence-electron chi connectivity index (χ2n) is 6.85. The molecule has 1 amide bonds. The highest BCUT2D eigenvalue weighted by atomic mass is 32.2. The maximum absolute atomic E-state index is 12.4. The summed E-state index contributed by atoms with van der Waals surface area (Å²) in [7, 11) is 0. The minimum absolute atomic E-state index is 0.0216. The van der Waals surface area contributed by atoms with E-state index in [1.807, 2.05) is 16.7 Å². The van der Waals surface area contributed by atoms with Gasteiger partial charge in [-0.25, -0.2) is 0 Å². The lowest BCUT2D eigenvalue weighted by atomic mass is 9.91. The lowest BCUT2D eigenvalue weighted by Gasteiger charge is -2.47. The second-order valence-corrected chi connectivity index (χ2v) is 8.34. The molecule has 3 heterocycles. The number of aromatic amines is 1. The molecule has 1 atom stereocenters. The third-order valence-corrected chi connectivity index (χ3v) is 6.47. The fourth-order valence-electron chi connectivity index (χ4n) is 3.40. The van der Waals surface area contributed by atoms with Crippen LogP contribution in [0.15, 0.2) is 23.1 Å². The average molecular weight is 319 g/mol. The number of likely N-dealkylation sites (tertiary alicyclic amines) is 1. The van der Waals surface area contributed by atoms with Crippen LogP contribution in [0.1, 0.15) is 29.6 Å². The Kier molecular flexibility index (Phi) is 3.53. The molecule has 2 saturated heterocycles. The van der Waals surface area contributed by atoms with Crippen LogP contribution >= 0.6 is 11.8 Å². The van der Waals surface area contributed by atoms with Gasteiger partial charge in [0.1, 0.15) is 0 Å². The van der Waals surface area contributed by atoms with Crippen molar-refractivity contribution in [1.29, 1.82) is 0 Å². The van der Waals surface area contributed by atoms with Gasteiger partial charge in [0.05, 0.1) is 4.75 Å². The van der Waals surface area contributed by atoms with Crippen molar-refractivity contribution in [3.05, 3.63) is 34.2 Å². The van der Waals surface area contributed by atoms with E-state index in [4.69, 9.17) is 0 Å². The maximum atomic E-state index is 12.4. The van der Waals surface area contributed by atoms with Crippen molar-refractivity contribution in [2.24, 2.45) is 5.92 Å². The zero-order chi connectivity index (χ0) is 15.2. The first kappa shape index (κ1) is 14.3. The number of hydrogen-bond donors (Lipinski definition) is 2. The molecule has 1 aromatic rings. The van der Waals surface area contributed by atoms with Crippen molar-refractivity contribution < 1.29 is 4.79 Å². The fraction of sp³-hybridized carbons (Fsp3) is 0.625. The molecule has 1 spiro atoms. The van der Waals surface area contributed by atoms with Crippen LogP contribution in [0.5, 0.6) is 0 Å². The molecular formula is C16H21N3O2S. The van der Waals surface area contributed by atoms with Gasteiger partial charge in [-0.1, -0.05) is 0 Å². The summed E-state index contributed by atoms with van der Waals surface area (Å²) >= 11 is 2.01. The Morgan fingerprint density at radius 1 is 1.45 bits per heavy atom. The van der Waals surface area contributed by atoms with Gasteiger partial charge in [0.15, 0.2) is 0 Å². The van der Waals surface area contributed by atoms with Crippen LogP contribution in [0, 0.1) is 5.92 Å². The SMILES string of the molecule is O=C(c1cc[nH]c(=O)c1)N1CC2(CC(NCC3CC3)CS2)C1. The quantitative estimate of drug-likeness (QED) is 0.871. The standard InChI is InChI=1S/C16H21N3O2S/c20-14-5-12(3-4-17-14)15(21)19-9-16(10-19)6-13(8-22-16)18-7-11-1-2-11/h3-5,11,13,18H,1-2,6-10H2,(H,17,20). The first-order valence-electron chi connectivity index (χ1n) is 7.99. The van der Waals surface area contributed by atoms with Gasteiger partial charge >= 0.3 is 0 Å². The molecule has 3 aliphatic rings. The Balaban J connectivity index is 1.31. The molecule has 1 unspecified atom stereocenters. The summed E-state index contributed by atoms with van der Waals surface area (Å²) in [4.78, 5) is 28.1. The molecule has 2 N–H and O–H groups in total. The van der Waals surface area contributed by atoms with Gasteiger partial charge in [-0.15, -0.1) is 11.8 Å². The van der Waals surface area contributed by atoms with Crippen LogP contribution in [-0.4, -0.2) is 52.0 Å². The molecule has 6 heteroatoms. The van der Waals surface area contributed by atoms with E-state index in [0.717, 1.165) is 37.7 Å². The van der Waals surface area contributed by atoms with E-state index in [1.165, 1.54) is 25.1 Å². The van der Waals surface area contributed by atoms with Crippen molar-refractivity contribution in [2.75, 3.05) is 25.4 Å². The van der Waals surface area contributed by atoms with Gasteiger partial charge in [-0.2, -0.15) is 0 Å². The van der Waals surface area contributed by atoms with Crippen LogP contribution in [0.25, 0.3) is 0 Å². The lowest BCUT2D eigenvalue weighted by molar-refractivity contribution is 0.0552. The van der Waals surface area contributed by atoms with Gasteiger partial charge in [-0.3, -0.25) is 9.59 Å². The van der Waals surface area contributed by atoms with Crippen LogP contribution in [0.2, 0.25) is 0 Å². The Bertz CT molecular complexity index is 634. The number of amides is 1. The molecule has 1 aromatic heterocycles. The minimum atomic E-state index is -0.222. The monoisotopic (exact) mass is 319 g/mol. The van der Waals surface area contributed by atoms with Crippen LogP contribution in [-0.2, 0) is 0 Å². The molecule has 0 bridgehead atoms. The zero-order valence-corrected chi connectivity index (χ0v) is 13.3. The molecule has 1 saturated carbocycles. The second kappa shape index (κ2) is 5.42. The van der Waals surface area contributed by atoms with Crippen molar-refractivity contribution in [3.8, 4) is 0 Å². The van der Waals surface area contributed by atoms with Gasteiger partial charge in [0.25, 0.3) is 5.91 Å². The molecule has 0 radical (unpaired) electrons. The highest BCUT2D eigenvalue weighted by Gasteiger charge is 2.50. The number of nitrogens with zero attached hydrogens (tertiary/aromatic N) is 1. The van der Waals surface area contributed by atoms with Crippen molar-refractivity contribution >= 4 is 17.7 Å². The normalized spacial score (nSPS) is 26.2. The molecule has 0 aromatic carbocycles. The zero-order valence-electron chi connectivity index (χ0n) is 12.5. The number of pyridine rings is 1. The average Bonchev–Trinajstić information content (AvgIpc) is 3.21. The van der Waals surface area contributed by atoms with E-state index in [2.05, 4.69) is 10.3 Å². The van der Waals surface area contributed by atoms with Crippen molar-refractivity contribution in [1.82, 2.24) is 15.2 Å². The number of H-pyrrole nitrogens is 1. The molecule has 22 heavy (non-hydrogen) atoms. The third-order valence-electron chi connectivity index (χ3n) is 4.87. The smallest absolute Gasteiger partial charge is 0.254 e. The summed E-state index contributed by atoms with van der Waals surface area (Å²) in [6.45, 7) is 2.78. The number of thioether (sulfide) groups is 1. The summed E-state index contributed by atoms with van der Waals surface area (Å²) in [5.41, 5.74) is 0.269. The lowest BCUT2D eigenvalue weighted by Crippen LogP contribution is -2.61. The van der Waals surface area contributed by atoms with E-state index in [9.17, 15) is 9.59 Å². The number of carbonyl (C=O) groups is 1. The number of rotatable bonds is 4. The van der Waals surface area contributed by atoms with E-state index < -0.39 is 0 Å². The Morgan fingerprint density at radius 3 is 3.00 bits per heavy atom. The van der Waals surface area contributed by atoms with Crippen molar-refractivity contribution in [2.45, 2.75) is 30.1 Å². The van der Waals surface area contributed by atoms with Crippen LogP contribution in [0.4, 0.5) is 0 Å². The van der Waals surface area contributed by atoms with Crippen LogP contribution in [0.3, 0.4) is 0 Å². The van der Waals surface area contributed by atoms with Gasteiger partial charge in [0, 0.05) is 42.7 Å². The van der Waals surface area contributed by atoms with Gasteiger partial charge in [-0.05, 0) is 37.8 Å². The highest BCUT2D eigenvalue weighted by Crippen LogP contribution is 2.45. The first-order valence-corrected chi connectivity index (χ1v) is 8.97. The topological polar surface area (TPSA) is 65.2 Å². The molecular weight excluding hydrogens is 298 g/mol. The molecule has 5 nitrogen and oxygen atoms in total. The highest BCUT2D eigenvalue weighted by molar-refractivity contribution is 8.01. The third kappa shape index (κ3) is 2.82. The summed E-state index contributed by atoms with van der Waals surface area (Å²) in [5, 5.41) is 3.68. The summed E-state index contributed by atoms with van der Waals surface area (Å²) in [6.07, 6.45) is 5.46. The molecule has 3 fully saturated rings. The van der Waals surface area contributed by atoms with Gasteiger partial charge < -0.3 is 15.2 Å². The summed E-state index contributed by atoms with van der Waals surface area (Å²) < 4.78 is 0.248. The molecule has 2 aliphatic heterocycles. The molecule has 4 rings (SSSR count). The summed E-state index contributed by atoms with van der Waals surface area (Å²) in [6, 6.07) is 3.66. The maximum Gasteiger partial charge on any atom is 0.254 e. The number of carbonyl (C=O) groups excluding carboxylic acids is 1. The predicted octanol–water partition coefficient (Wildman–Crippen LogP) is 1.07. The van der Waals surface area contributed by atoms with E-state index >= 15 is 0 Å². The van der Waals surface area contributed by atoms with E-state index in [-0.39, 0.29) is 16.2 Å². The first-order chi connectivity index (χ1) is 10.6. The van der Waals surface area contributed by atoms with Gasteiger partial charge in [0.2, 0.25) is 5.56 Å². The van der Waals surface area contributed by atoms with E-state index in [0.29, 0.717) is 11.6 Å². The molecule has 118 valence electrons. The Hall–Kier alpha value is -1.27. The number of aromatic nitrogens is 1. The Morgan fingerprint density at radius 2 is 2.27 bits per heavy atom. The summed E-state index contributed by atoms with van der Waals surface area (Å²) in [5.74, 6) is 2.05. The molecule has 1 aliphatic carbocycles. The Labute approximate surface area is 133 Å². The largest absolute Gasteiger partial charge is 0.336 e. The van der Waals surface area contributed by atoms with E-state index in [1.54, 1.807) is 6.07 Å². The van der Waals surface area contributed by atoms with Crippen molar-refractivity contribution in [3.63, 3.8) is 0 Å². The predicted molar refractivity (Wildman–Crippen MR) is 87.3 cm³/mol.